The van der Waals surface area contributed by atoms with Crippen LogP contribution in [-0.4, -0.2) is 18.8 Å². The van der Waals surface area contributed by atoms with Gasteiger partial charge < -0.3 is 10.1 Å². The third-order valence-corrected chi connectivity index (χ3v) is 3.85. The molecule has 1 aromatic heterocycles. The molecule has 0 aliphatic rings. The summed E-state index contributed by atoms with van der Waals surface area (Å²) in [4.78, 5) is 11.7. The van der Waals surface area contributed by atoms with Crippen molar-refractivity contribution >= 4 is 17.2 Å². The summed E-state index contributed by atoms with van der Waals surface area (Å²) in [6, 6.07) is 7.63. The van der Waals surface area contributed by atoms with E-state index in [2.05, 4.69) is 10.1 Å². The van der Waals surface area contributed by atoms with Crippen molar-refractivity contribution in [2.24, 2.45) is 0 Å². The van der Waals surface area contributed by atoms with Crippen LogP contribution in [0.5, 0.6) is 5.75 Å². The number of alkyl halides is 3. The van der Waals surface area contributed by atoms with Gasteiger partial charge in [0.15, 0.2) is 0 Å². The molecule has 124 valence electrons. The first-order chi connectivity index (χ1) is 10.9. The molecule has 3 nitrogen and oxygen atoms in total. The van der Waals surface area contributed by atoms with Crippen molar-refractivity contribution in [3.8, 4) is 5.75 Å². The Balaban J connectivity index is 1.68. The van der Waals surface area contributed by atoms with Crippen LogP contribution in [0.25, 0.3) is 0 Å². The Morgan fingerprint density at radius 3 is 2.43 bits per heavy atom. The lowest BCUT2D eigenvalue weighted by Gasteiger charge is -2.09. The molecule has 0 saturated carbocycles. The number of carbonyl (C=O) groups is 1. The van der Waals surface area contributed by atoms with Gasteiger partial charge in [-0.15, -0.1) is 13.2 Å². The summed E-state index contributed by atoms with van der Waals surface area (Å²) < 4.78 is 39.9. The summed E-state index contributed by atoms with van der Waals surface area (Å²) in [6.07, 6.45) is -3.00. The first-order valence-electron chi connectivity index (χ1n) is 7.05. The molecule has 2 aromatic rings. The second-order valence-electron chi connectivity index (χ2n) is 4.92. The molecule has 0 saturated heterocycles. The molecule has 0 bridgehead atoms. The molecule has 7 heteroatoms. The molecular formula is C16H16F3NO2S. The highest BCUT2D eigenvalue weighted by atomic mass is 32.1. The van der Waals surface area contributed by atoms with E-state index in [1.807, 2.05) is 16.8 Å². The summed E-state index contributed by atoms with van der Waals surface area (Å²) in [5.41, 5.74) is 1.98. The first kappa shape index (κ1) is 17.3. The van der Waals surface area contributed by atoms with Crippen molar-refractivity contribution in [2.75, 3.05) is 6.54 Å². The highest BCUT2D eigenvalue weighted by Gasteiger charge is 2.30. The molecule has 1 aromatic carbocycles. The fourth-order valence-electron chi connectivity index (χ4n) is 1.99. The Morgan fingerprint density at radius 1 is 1.09 bits per heavy atom. The third kappa shape index (κ3) is 6.73. The number of hydrogen-bond acceptors (Lipinski definition) is 3. The Labute approximate surface area is 136 Å². The van der Waals surface area contributed by atoms with Crippen molar-refractivity contribution in [1.29, 1.82) is 0 Å². The molecule has 1 N–H and O–H groups in total. The maximum absolute atomic E-state index is 12.0. The topological polar surface area (TPSA) is 38.3 Å². The highest BCUT2D eigenvalue weighted by Crippen LogP contribution is 2.22. The van der Waals surface area contributed by atoms with Crippen LogP contribution >= 0.6 is 11.3 Å². The fraction of sp³-hybridized carbons (Fsp3) is 0.312. The highest BCUT2D eigenvalue weighted by molar-refractivity contribution is 7.07. The van der Waals surface area contributed by atoms with Gasteiger partial charge in [0.25, 0.3) is 0 Å². The van der Waals surface area contributed by atoms with E-state index in [0.717, 1.165) is 11.1 Å². The van der Waals surface area contributed by atoms with E-state index in [4.69, 9.17) is 0 Å². The van der Waals surface area contributed by atoms with Crippen LogP contribution in [0.15, 0.2) is 41.1 Å². The minimum Gasteiger partial charge on any atom is -0.406 e. The lowest BCUT2D eigenvalue weighted by Crippen LogP contribution is -2.25. The number of halogens is 3. The van der Waals surface area contributed by atoms with E-state index >= 15 is 0 Å². The SMILES string of the molecule is O=C(CCc1ccsc1)NCCc1ccc(OC(F)(F)F)cc1. The van der Waals surface area contributed by atoms with Crippen LogP contribution in [0, 0.1) is 0 Å². The second-order valence-corrected chi connectivity index (χ2v) is 5.70. The van der Waals surface area contributed by atoms with Crippen molar-refractivity contribution in [2.45, 2.75) is 25.6 Å². The zero-order valence-corrected chi connectivity index (χ0v) is 13.0. The molecule has 2 rings (SSSR count). The molecule has 0 unspecified atom stereocenters. The predicted molar refractivity (Wildman–Crippen MR) is 82.5 cm³/mol. The number of amides is 1. The summed E-state index contributed by atoms with van der Waals surface area (Å²) in [5, 5.41) is 6.78. The molecule has 1 amide bonds. The third-order valence-electron chi connectivity index (χ3n) is 3.11. The Hall–Kier alpha value is -2.02. The molecule has 0 atom stereocenters. The summed E-state index contributed by atoms with van der Waals surface area (Å²) in [5.74, 6) is -0.283. The quantitative estimate of drug-likeness (QED) is 0.827. The standard InChI is InChI=1S/C16H16F3NO2S/c17-16(18,19)22-14-4-1-12(2-5-14)7-9-20-15(21)6-3-13-8-10-23-11-13/h1-2,4-5,8,10-11H,3,6-7,9H2,(H,20,21). The summed E-state index contributed by atoms with van der Waals surface area (Å²) in [7, 11) is 0. The number of thiophene rings is 1. The molecular weight excluding hydrogens is 327 g/mol. The second kappa shape index (κ2) is 8.01. The average molecular weight is 343 g/mol. The smallest absolute Gasteiger partial charge is 0.406 e. The summed E-state index contributed by atoms with van der Waals surface area (Å²) >= 11 is 1.60. The van der Waals surface area contributed by atoms with Crippen LogP contribution in [-0.2, 0) is 17.6 Å². The number of rotatable bonds is 7. The van der Waals surface area contributed by atoms with Gasteiger partial charge in [-0.05, 0) is 52.9 Å². The van der Waals surface area contributed by atoms with Gasteiger partial charge in [0.05, 0.1) is 0 Å². The molecule has 0 radical (unpaired) electrons. The number of nitrogens with one attached hydrogen (secondary N) is 1. The van der Waals surface area contributed by atoms with Crippen molar-refractivity contribution in [1.82, 2.24) is 5.32 Å². The van der Waals surface area contributed by atoms with E-state index in [1.54, 1.807) is 23.5 Å². The van der Waals surface area contributed by atoms with E-state index < -0.39 is 6.36 Å². The molecule has 0 aliphatic carbocycles. The first-order valence-corrected chi connectivity index (χ1v) is 7.99. The molecule has 1 heterocycles. The maximum Gasteiger partial charge on any atom is 0.573 e. The predicted octanol–water partition coefficient (Wildman–Crippen LogP) is 3.94. The van der Waals surface area contributed by atoms with E-state index in [0.29, 0.717) is 25.8 Å². The normalized spacial score (nSPS) is 11.3. The number of hydrogen-bond donors (Lipinski definition) is 1. The van der Waals surface area contributed by atoms with Crippen molar-refractivity contribution < 1.29 is 22.7 Å². The zero-order chi connectivity index (χ0) is 16.7. The van der Waals surface area contributed by atoms with Crippen LogP contribution in [0.3, 0.4) is 0 Å². The number of carbonyl (C=O) groups excluding carboxylic acids is 1. The van der Waals surface area contributed by atoms with Gasteiger partial charge in [0.1, 0.15) is 5.75 Å². The van der Waals surface area contributed by atoms with E-state index in [-0.39, 0.29) is 11.7 Å². The van der Waals surface area contributed by atoms with Crippen LogP contribution in [0.1, 0.15) is 17.5 Å². The number of benzene rings is 1. The van der Waals surface area contributed by atoms with Gasteiger partial charge in [-0.25, -0.2) is 0 Å². The number of ether oxygens (including phenoxy) is 1. The van der Waals surface area contributed by atoms with Crippen molar-refractivity contribution in [3.63, 3.8) is 0 Å². The maximum atomic E-state index is 12.0. The summed E-state index contributed by atoms with van der Waals surface area (Å²) in [6.45, 7) is 0.446. The minimum absolute atomic E-state index is 0.0341. The van der Waals surface area contributed by atoms with Gasteiger partial charge in [0, 0.05) is 13.0 Å². The minimum atomic E-state index is -4.68. The van der Waals surface area contributed by atoms with Crippen LogP contribution < -0.4 is 10.1 Å². The van der Waals surface area contributed by atoms with Gasteiger partial charge in [-0.1, -0.05) is 12.1 Å². The number of aryl methyl sites for hydroxylation is 1. The van der Waals surface area contributed by atoms with E-state index in [9.17, 15) is 18.0 Å². The van der Waals surface area contributed by atoms with E-state index in [1.165, 1.54) is 12.1 Å². The van der Waals surface area contributed by atoms with Gasteiger partial charge in [0.2, 0.25) is 5.91 Å². The Morgan fingerprint density at radius 2 is 1.83 bits per heavy atom. The zero-order valence-electron chi connectivity index (χ0n) is 12.2. The molecule has 0 aliphatic heterocycles. The molecule has 0 spiro atoms. The van der Waals surface area contributed by atoms with Crippen molar-refractivity contribution in [3.05, 3.63) is 52.2 Å². The van der Waals surface area contributed by atoms with Crippen LogP contribution in [0.4, 0.5) is 13.2 Å². The lowest BCUT2D eigenvalue weighted by atomic mass is 10.1. The molecule has 0 fully saturated rings. The Bertz CT molecular complexity index is 609. The average Bonchev–Trinajstić information content (AvgIpc) is 2.99. The monoisotopic (exact) mass is 343 g/mol. The largest absolute Gasteiger partial charge is 0.573 e. The van der Waals surface area contributed by atoms with Gasteiger partial charge in [-0.3, -0.25) is 4.79 Å². The van der Waals surface area contributed by atoms with Gasteiger partial charge >= 0.3 is 6.36 Å². The molecule has 23 heavy (non-hydrogen) atoms. The van der Waals surface area contributed by atoms with Crippen LogP contribution in [0.2, 0.25) is 0 Å². The Kier molecular flexibility index (Phi) is 6.04. The fourth-order valence-corrected chi connectivity index (χ4v) is 2.69. The lowest BCUT2D eigenvalue weighted by molar-refractivity contribution is -0.274. The van der Waals surface area contributed by atoms with Gasteiger partial charge in [-0.2, -0.15) is 11.3 Å².